The summed E-state index contributed by atoms with van der Waals surface area (Å²) in [5.41, 5.74) is -0.560. The van der Waals surface area contributed by atoms with Crippen LogP contribution >= 0.6 is 0 Å². The number of nitriles is 1. The second-order valence-electron chi connectivity index (χ2n) is 4.96. The van der Waals surface area contributed by atoms with Crippen molar-refractivity contribution in [3.05, 3.63) is 29.8 Å². The van der Waals surface area contributed by atoms with Crippen LogP contribution in [0.25, 0.3) is 0 Å². The van der Waals surface area contributed by atoms with Gasteiger partial charge in [0.1, 0.15) is 11.8 Å². The van der Waals surface area contributed by atoms with Gasteiger partial charge in [0, 0.05) is 13.6 Å². The van der Waals surface area contributed by atoms with Crippen LogP contribution in [-0.4, -0.2) is 41.7 Å². The van der Waals surface area contributed by atoms with Crippen LogP contribution in [0.15, 0.2) is 24.3 Å². The van der Waals surface area contributed by atoms with Crippen LogP contribution in [0.1, 0.15) is 19.4 Å². The van der Waals surface area contributed by atoms with Crippen LogP contribution in [-0.2, 0) is 4.79 Å². The lowest BCUT2D eigenvalue weighted by molar-refractivity contribution is -0.134. The highest BCUT2D eigenvalue weighted by molar-refractivity contribution is 5.77. The molecule has 1 rings (SSSR count). The van der Waals surface area contributed by atoms with E-state index in [9.17, 15) is 9.90 Å². The molecule has 19 heavy (non-hydrogen) atoms. The van der Waals surface area contributed by atoms with Gasteiger partial charge in [0.25, 0.3) is 5.91 Å². The third kappa shape index (κ3) is 4.98. The maximum atomic E-state index is 11.8. The number of likely N-dealkylation sites (N-methyl/N-ethyl adjacent to an activating group) is 1. The fraction of sp³-hybridized carbons (Fsp3) is 0.429. The lowest BCUT2D eigenvalue weighted by Gasteiger charge is -2.25. The quantitative estimate of drug-likeness (QED) is 0.864. The highest BCUT2D eigenvalue weighted by Gasteiger charge is 2.19. The van der Waals surface area contributed by atoms with E-state index >= 15 is 0 Å². The van der Waals surface area contributed by atoms with E-state index in [2.05, 4.69) is 0 Å². The Hall–Kier alpha value is -2.06. The molecule has 0 unspecified atom stereocenters. The Morgan fingerprint density at radius 3 is 2.68 bits per heavy atom. The molecule has 0 aliphatic carbocycles. The first-order chi connectivity index (χ1) is 8.83. The summed E-state index contributed by atoms with van der Waals surface area (Å²) in [5, 5.41) is 18.5. The summed E-state index contributed by atoms with van der Waals surface area (Å²) in [6.45, 7) is 3.31. The zero-order chi connectivity index (χ0) is 14.5. The van der Waals surface area contributed by atoms with Crippen LogP contribution in [0, 0.1) is 11.3 Å². The maximum Gasteiger partial charge on any atom is 0.260 e. The van der Waals surface area contributed by atoms with Crippen LogP contribution in [0.4, 0.5) is 0 Å². The minimum atomic E-state index is -0.949. The molecule has 0 atom stereocenters. The van der Waals surface area contributed by atoms with Crippen molar-refractivity contribution in [2.75, 3.05) is 20.2 Å². The largest absolute Gasteiger partial charge is 0.482 e. The molecular formula is C14H18N2O3. The van der Waals surface area contributed by atoms with E-state index in [1.54, 1.807) is 45.2 Å². The molecule has 0 fully saturated rings. The van der Waals surface area contributed by atoms with E-state index < -0.39 is 5.60 Å². The number of para-hydroxylation sites is 1. The Bertz CT molecular complexity index is 486. The molecule has 102 valence electrons. The predicted molar refractivity (Wildman–Crippen MR) is 70.6 cm³/mol. The van der Waals surface area contributed by atoms with Crippen molar-refractivity contribution < 1.29 is 14.6 Å². The molecule has 0 aliphatic heterocycles. The van der Waals surface area contributed by atoms with E-state index in [4.69, 9.17) is 10.00 Å². The van der Waals surface area contributed by atoms with Gasteiger partial charge in [-0.25, -0.2) is 0 Å². The average molecular weight is 262 g/mol. The highest BCUT2D eigenvalue weighted by Crippen LogP contribution is 2.16. The molecule has 1 aromatic carbocycles. The zero-order valence-electron chi connectivity index (χ0n) is 11.4. The number of aliphatic hydroxyl groups is 1. The van der Waals surface area contributed by atoms with Crippen molar-refractivity contribution in [3.63, 3.8) is 0 Å². The number of rotatable bonds is 5. The van der Waals surface area contributed by atoms with E-state index in [-0.39, 0.29) is 19.1 Å². The minimum Gasteiger partial charge on any atom is -0.482 e. The summed E-state index contributed by atoms with van der Waals surface area (Å²) in [6, 6.07) is 8.73. The Morgan fingerprint density at radius 2 is 2.11 bits per heavy atom. The summed E-state index contributed by atoms with van der Waals surface area (Å²) in [6.07, 6.45) is 0. The molecule has 0 spiro atoms. The Morgan fingerprint density at radius 1 is 1.47 bits per heavy atom. The minimum absolute atomic E-state index is 0.161. The summed E-state index contributed by atoms with van der Waals surface area (Å²) < 4.78 is 5.33. The predicted octanol–water partition coefficient (Wildman–Crippen LogP) is 1.17. The van der Waals surface area contributed by atoms with Crippen LogP contribution in [0.3, 0.4) is 0 Å². The van der Waals surface area contributed by atoms with E-state index in [0.717, 1.165) is 0 Å². The van der Waals surface area contributed by atoms with Gasteiger partial charge in [-0.3, -0.25) is 4.79 Å². The summed E-state index contributed by atoms with van der Waals surface area (Å²) in [7, 11) is 1.60. The van der Waals surface area contributed by atoms with Gasteiger partial charge in [0.15, 0.2) is 6.61 Å². The summed E-state index contributed by atoms with van der Waals surface area (Å²) in [5.74, 6) is 0.130. The lowest BCUT2D eigenvalue weighted by Crippen LogP contribution is -2.41. The highest BCUT2D eigenvalue weighted by atomic mass is 16.5. The fourth-order valence-electron chi connectivity index (χ4n) is 1.60. The van der Waals surface area contributed by atoms with Gasteiger partial charge >= 0.3 is 0 Å². The van der Waals surface area contributed by atoms with Gasteiger partial charge < -0.3 is 14.7 Å². The third-order valence-corrected chi connectivity index (χ3v) is 2.41. The monoisotopic (exact) mass is 262 g/mol. The number of hydrogen-bond donors (Lipinski definition) is 1. The van der Waals surface area contributed by atoms with Crippen molar-refractivity contribution in [2.24, 2.45) is 0 Å². The van der Waals surface area contributed by atoms with Crippen LogP contribution in [0.2, 0.25) is 0 Å². The first kappa shape index (κ1) is 15.0. The molecule has 0 radical (unpaired) electrons. The average Bonchev–Trinajstić information content (AvgIpc) is 2.34. The molecular weight excluding hydrogens is 244 g/mol. The van der Waals surface area contributed by atoms with Gasteiger partial charge in [0.05, 0.1) is 11.2 Å². The standard InChI is InChI=1S/C14H18N2O3/c1-14(2,18)10-16(3)13(17)9-19-12-7-5-4-6-11(12)8-15/h4-7,18H,9-10H2,1-3H3. The van der Waals surface area contributed by atoms with E-state index in [1.165, 1.54) is 4.90 Å². The van der Waals surface area contributed by atoms with Gasteiger partial charge in [-0.05, 0) is 26.0 Å². The Kier molecular flexibility index (Phi) is 4.90. The first-order valence-corrected chi connectivity index (χ1v) is 5.92. The molecule has 0 bridgehead atoms. The van der Waals surface area contributed by atoms with Crippen molar-refractivity contribution in [3.8, 4) is 11.8 Å². The second-order valence-corrected chi connectivity index (χ2v) is 4.96. The Labute approximate surface area is 113 Å². The number of carbonyl (C=O) groups excluding carboxylic acids is 1. The summed E-state index contributed by atoms with van der Waals surface area (Å²) >= 11 is 0. The number of carbonyl (C=O) groups is 1. The molecule has 0 aliphatic rings. The molecule has 1 N–H and O–H groups in total. The number of amides is 1. The molecule has 5 nitrogen and oxygen atoms in total. The van der Waals surface area contributed by atoms with Crippen molar-refractivity contribution >= 4 is 5.91 Å². The maximum absolute atomic E-state index is 11.8. The van der Waals surface area contributed by atoms with Crippen LogP contribution < -0.4 is 4.74 Å². The van der Waals surface area contributed by atoms with Crippen molar-refractivity contribution in [1.29, 1.82) is 5.26 Å². The smallest absolute Gasteiger partial charge is 0.260 e. The van der Waals surface area contributed by atoms with E-state index in [0.29, 0.717) is 11.3 Å². The lowest BCUT2D eigenvalue weighted by atomic mass is 10.1. The number of ether oxygens (including phenoxy) is 1. The SMILES string of the molecule is CN(CC(C)(C)O)C(=O)COc1ccccc1C#N. The molecule has 0 saturated heterocycles. The van der Waals surface area contributed by atoms with Crippen molar-refractivity contribution in [1.82, 2.24) is 4.90 Å². The van der Waals surface area contributed by atoms with Crippen molar-refractivity contribution in [2.45, 2.75) is 19.4 Å². The molecule has 0 heterocycles. The summed E-state index contributed by atoms with van der Waals surface area (Å²) in [4.78, 5) is 13.2. The van der Waals surface area contributed by atoms with Gasteiger partial charge in [-0.1, -0.05) is 12.1 Å². The fourth-order valence-corrected chi connectivity index (χ4v) is 1.60. The molecule has 1 amide bonds. The Balaban J connectivity index is 2.57. The van der Waals surface area contributed by atoms with Gasteiger partial charge in [-0.2, -0.15) is 5.26 Å². The zero-order valence-corrected chi connectivity index (χ0v) is 11.4. The topological polar surface area (TPSA) is 73.6 Å². The normalized spacial score (nSPS) is 10.7. The number of hydrogen-bond acceptors (Lipinski definition) is 4. The number of nitrogens with zero attached hydrogens (tertiary/aromatic N) is 2. The van der Waals surface area contributed by atoms with Crippen LogP contribution in [0.5, 0.6) is 5.75 Å². The van der Waals surface area contributed by atoms with Gasteiger partial charge in [0.2, 0.25) is 0 Å². The molecule has 5 heteroatoms. The third-order valence-electron chi connectivity index (χ3n) is 2.41. The number of benzene rings is 1. The second kappa shape index (κ2) is 6.21. The molecule has 1 aromatic rings. The molecule has 0 aromatic heterocycles. The molecule has 0 saturated carbocycles. The van der Waals surface area contributed by atoms with Gasteiger partial charge in [-0.15, -0.1) is 0 Å². The van der Waals surface area contributed by atoms with E-state index in [1.807, 2.05) is 6.07 Å². The first-order valence-electron chi connectivity index (χ1n) is 5.92.